The van der Waals surface area contributed by atoms with Crippen molar-refractivity contribution in [2.45, 2.75) is 25.7 Å². The van der Waals surface area contributed by atoms with Crippen LogP contribution in [0.1, 0.15) is 13.3 Å². The average molecular weight is 156 g/mol. The summed E-state index contributed by atoms with van der Waals surface area (Å²) in [5.74, 6) is 0. The highest BCUT2D eigenvalue weighted by Crippen LogP contribution is 2.11. The van der Waals surface area contributed by atoms with Crippen LogP contribution in [0.4, 0.5) is 0 Å². The van der Waals surface area contributed by atoms with Gasteiger partial charge in [-0.2, -0.15) is 0 Å². The van der Waals surface area contributed by atoms with E-state index in [2.05, 4.69) is 0 Å². The summed E-state index contributed by atoms with van der Waals surface area (Å²) in [6.45, 7) is 2.49. The molecule has 0 fully saturated rings. The molecule has 1 aliphatic heterocycles. The maximum atomic E-state index is 10.3. The van der Waals surface area contributed by atoms with Gasteiger partial charge in [-0.25, -0.2) is 0 Å². The van der Waals surface area contributed by atoms with Gasteiger partial charge in [0.05, 0.1) is 0 Å². The Morgan fingerprint density at radius 2 is 2.64 bits per heavy atom. The van der Waals surface area contributed by atoms with Crippen molar-refractivity contribution in [3.05, 3.63) is 12.2 Å². The van der Waals surface area contributed by atoms with Crippen molar-refractivity contribution in [2.24, 2.45) is 0 Å². The molecule has 0 aromatic carbocycles. The minimum Gasteiger partial charge on any atom is -0.349 e. The molecular weight excluding hydrogens is 144 g/mol. The van der Waals surface area contributed by atoms with Crippen molar-refractivity contribution in [2.75, 3.05) is 6.61 Å². The maximum Gasteiger partial charge on any atom is 0.177 e. The number of aldehydes is 1. The van der Waals surface area contributed by atoms with E-state index in [1.807, 2.05) is 19.1 Å². The van der Waals surface area contributed by atoms with Crippen LogP contribution in [0.25, 0.3) is 0 Å². The molecule has 3 nitrogen and oxygen atoms in total. The first kappa shape index (κ1) is 8.43. The molecular formula is C8H12O3. The van der Waals surface area contributed by atoms with Crippen LogP contribution in [0.3, 0.4) is 0 Å². The summed E-state index contributed by atoms with van der Waals surface area (Å²) >= 11 is 0. The van der Waals surface area contributed by atoms with Crippen LogP contribution in [0, 0.1) is 0 Å². The zero-order chi connectivity index (χ0) is 8.10. The lowest BCUT2D eigenvalue weighted by molar-refractivity contribution is -0.154. The highest BCUT2D eigenvalue weighted by molar-refractivity contribution is 5.56. The Bertz CT molecular complexity index is 153. The molecule has 11 heavy (non-hydrogen) atoms. The van der Waals surface area contributed by atoms with Gasteiger partial charge < -0.3 is 14.3 Å². The predicted molar refractivity (Wildman–Crippen MR) is 40.1 cm³/mol. The largest absolute Gasteiger partial charge is 0.349 e. The van der Waals surface area contributed by atoms with Gasteiger partial charge in [0.2, 0.25) is 0 Å². The first-order valence-electron chi connectivity index (χ1n) is 3.76. The molecule has 0 radical (unpaired) electrons. The predicted octanol–water partition coefficient (Wildman–Crippen LogP) is 0.893. The molecule has 62 valence electrons. The molecule has 1 heterocycles. The van der Waals surface area contributed by atoms with E-state index in [1.165, 1.54) is 0 Å². The van der Waals surface area contributed by atoms with Crippen LogP contribution in [-0.2, 0) is 14.3 Å². The van der Waals surface area contributed by atoms with Gasteiger partial charge in [0.25, 0.3) is 0 Å². The fourth-order valence-corrected chi connectivity index (χ4v) is 0.944. The van der Waals surface area contributed by atoms with Crippen molar-refractivity contribution < 1.29 is 14.3 Å². The number of carbonyl (C=O) groups is 1. The van der Waals surface area contributed by atoms with Crippen molar-refractivity contribution in [3.8, 4) is 0 Å². The fourth-order valence-electron chi connectivity index (χ4n) is 0.944. The zero-order valence-electron chi connectivity index (χ0n) is 6.53. The molecule has 1 unspecified atom stereocenters. The molecule has 0 N–H and O–H groups in total. The summed E-state index contributed by atoms with van der Waals surface area (Å²) in [4.78, 5) is 10.3. The van der Waals surface area contributed by atoms with Gasteiger partial charge in [0, 0.05) is 6.61 Å². The fraction of sp³-hybridized carbons (Fsp3) is 0.625. The van der Waals surface area contributed by atoms with Gasteiger partial charge >= 0.3 is 0 Å². The summed E-state index contributed by atoms with van der Waals surface area (Å²) in [6.07, 6.45) is 4.54. The van der Waals surface area contributed by atoms with E-state index in [0.717, 1.165) is 6.29 Å². The van der Waals surface area contributed by atoms with Gasteiger partial charge in [0.1, 0.15) is 12.4 Å². The number of ether oxygens (including phenoxy) is 2. The monoisotopic (exact) mass is 156 g/mol. The molecule has 2 atom stereocenters. The summed E-state index contributed by atoms with van der Waals surface area (Å²) in [5, 5.41) is 0. The van der Waals surface area contributed by atoms with Crippen LogP contribution >= 0.6 is 0 Å². The van der Waals surface area contributed by atoms with Crippen molar-refractivity contribution in [3.63, 3.8) is 0 Å². The Kier molecular flexibility index (Phi) is 3.26. The van der Waals surface area contributed by atoms with Crippen molar-refractivity contribution >= 4 is 6.29 Å². The lowest BCUT2D eigenvalue weighted by atomic mass is 10.2. The van der Waals surface area contributed by atoms with Gasteiger partial charge in [-0.3, -0.25) is 0 Å². The minimum atomic E-state index is -0.330. The molecule has 0 aliphatic carbocycles. The second kappa shape index (κ2) is 4.26. The highest BCUT2D eigenvalue weighted by atomic mass is 16.7. The zero-order valence-corrected chi connectivity index (χ0v) is 6.53. The molecule has 0 spiro atoms. The normalized spacial score (nSPS) is 30.3. The summed E-state index contributed by atoms with van der Waals surface area (Å²) in [6, 6.07) is 0. The SMILES string of the molecule is CCOC1C=CC[C@H](C=O)O1. The van der Waals surface area contributed by atoms with E-state index < -0.39 is 0 Å². The standard InChI is InChI=1S/C8H12O3/c1-2-10-8-5-3-4-7(6-9)11-8/h3,5-8H,2,4H2,1H3/t7-,8?/m1/s1. The van der Waals surface area contributed by atoms with E-state index in [1.54, 1.807) is 0 Å². The third-order valence-corrected chi connectivity index (χ3v) is 1.45. The average Bonchev–Trinajstić information content (AvgIpc) is 2.06. The van der Waals surface area contributed by atoms with Crippen LogP contribution in [0.5, 0.6) is 0 Å². The highest BCUT2D eigenvalue weighted by Gasteiger charge is 2.16. The molecule has 0 aromatic heterocycles. The van der Waals surface area contributed by atoms with Gasteiger partial charge in [-0.05, 0) is 19.4 Å². The molecule has 0 aromatic rings. The third-order valence-electron chi connectivity index (χ3n) is 1.45. The first-order chi connectivity index (χ1) is 5.36. The molecule has 0 saturated carbocycles. The summed E-state index contributed by atoms with van der Waals surface area (Å²) < 4.78 is 10.3. The lowest BCUT2D eigenvalue weighted by Gasteiger charge is -2.21. The lowest BCUT2D eigenvalue weighted by Crippen LogP contribution is -2.27. The molecule has 0 amide bonds. The van der Waals surface area contributed by atoms with Gasteiger partial charge in [-0.15, -0.1) is 0 Å². The summed E-state index contributed by atoms with van der Waals surface area (Å²) in [5.41, 5.74) is 0. The number of rotatable bonds is 3. The molecule has 0 bridgehead atoms. The smallest absolute Gasteiger partial charge is 0.177 e. The van der Waals surface area contributed by atoms with Crippen molar-refractivity contribution in [1.29, 1.82) is 0 Å². The van der Waals surface area contributed by atoms with Gasteiger partial charge in [0.15, 0.2) is 6.29 Å². The molecule has 1 aliphatic rings. The topological polar surface area (TPSA) is 35.5 Å². The third kappa shape index (κ3) is 2.44. The van der Waals surface area contributed by atoms with E-state index in [-0.39, 0.29) is 12.4 Å². The van der Waals surface area contributed by atoms with Crippen LogP contribution < -0.4 is 0 Å². The Labute approximate surface area is 66.0 Å². The van der Waals surface area contributed by atoms with Crippen LogP contribution in [0.15, 0.2) is 12.2 Å². The Hall–Kier alpha value is -0.670. The minimum absolute atomic E-state index is 0.323. The van der Waals surface area contributed by atoms with E-state index in [9.17, 15) is 4.79 Å². The molecule has 0 saturated heterocycles. The van der Waals surface area contributed by atoms with E-state index >= 15 is 0 Å². The Morgan fingerprint density at radius 3 is 3.27 bits per heavy atom. The number of carbonyl (C=O) groups excluding carboxylic acids is 1. The van der Waals surface area contributed by atoms with Crippen molar-refractivity contribution in [1.82, 2.24) is 0 Å². The van der Waals surface area contributed by atoms with Gasteiger partial charge in [-0.1, -0.05) is 6.08 Å². The maximum absolute atomic E-state index is 10.3. The van der Waals surface area contributed by atoms with Crippen LogP contribution in [0.2, 0.25) is 0 Å². The number of hydrogen-bond acceptors (Lipinski definition) is 3. The first-order valence-corrected chi connectivity index (χ1v) is 3.76. The Balaban J connectivity index is 2.38. The Morgan fingerprint density at radius 1 is 1.82 bits per heavy atom. The summed E-state index contributed by atoms with van der Waals surface area (Å²) in [7, 11) is 0. The van der Waals surface area contributed by atoms with E-state index in [4.69, 9.17) is 9.47 Å². The van der Waals surface area contributed by atoms with Crippen LogP contribution in [-0.4, -0.2) is 25.3 Å². The second-order valence-electron chi connectivity index (χ2n) is 2.30. The molecule has 3 heteroatoms. The molecule has 1 rings (SSSR count). The quantitative estimate of drug-likeness (QED) is 0.449. The van der Waals surface area contributed by atoms with E-state index in [0.29, 0.717) is 13.0 Å². The second-order valence-corrected chi connectivity index (χ2v) is 2.30. The number of hydrogen-bond donors (Lipinski definition) is 0.